The first-order chi connectivity index (χ1) is 21.0. The maximum absolute atomic E-state index is 12.1. The Morgan fingerprint density at radius 1 is 1.11 bits per heavy atom. The number of nitro groups is 3. The molecule has 2 saturated heterocycles. The molecular formula is C16H15N11O16P2. The third kappa shape index (κ3) is 5.72. The molecule has 29 heteroatoms. The second kappa shape index (κ2) is 11.1. The first-order valence-electron chi connectivity index (χ1n) is 11.6. The molecule has 0 radical (unpaired) electrons. The molecule has 2 aliphatic heterocycles. The van der Waals surface area contributed by atoms with Gasteiger partial charge in [-0.2, -0.15) is 4.31 Å². The van der Waals surface area contributed by atoms with Crippen molar-refractivity contribution in [2.24, 2.45) is 5.11 Å². The van der Waals surface area contributed by atoms with Crippen molar-refractivity contribution in [2.75, 3.05) is 12.3 Å². The SMILES string of the molecule is [N-]=[N+]=Nc1nc2c(N)ncnc2n1[C@@H]1O[C@H](COP(=O)(O)OP(=O)(O)O)[C@H]2OC3(O[C@H]21)C([N+](=O)[O-])=CC([N+](=O)[O-])C=C3[N+](=O)[O-]. The average molecular weight is 679 g/mol. The zero-order chi connectivity index (χ0) is 33.1. The molecule has 2 aromatic heterocycles. The zero-order valence-corrected chi connectivity index (χ0v) is 23.2. The number of fused-ring (bicyclic) bond motifs is 2. The van der Waals surface area contributed by atoms with Crippen molar-refractivity contribution in [1.29, 1.82) is 0 Å². The summed E-state index contributed by atoms with van der Waals surface area (Å²) in [6.45, 7) is -1.15. The van der Waals surface area contributed by atoms with Crippen LogP contribution in [0.4, 0.5) is 11.8 Å². The molecular weight excluding hydrogens is 664 g/mol. The second-order valence-electron chi connectivity index (χ2n) is 8.98. The van der Waals surface area contributed by atoms with Crippen molar-refractivity contribution in [1.82, 2.24) is 19.5 Å². The molecule has 5 N–H and O–H groups in total. The summed E-state index contributed by atoms with van der Waals surface area (Å²) >= 11 is 0. The lowest BCUT2D eigenvalue weighted by Crippen LogP contribution is -2.47. The summed E-state index contributed by atoms with van der Waals surface area (Å²) in [5.41, 5.74) is 12.0. The molecule has 3 aliphatic rings. The Kier molecular flexibility index (Phi) is 7.89. The van der Waals surface area contributed by atoms with Gasteiger partial charge in [0.2, 0.25) is 5.95 Å². The normalized spacial score (nSPS) is 29.0. The number of aromatic nitrogens is 4. The van der Waals surface area contributed by atoms with Gasteiger partial charge in [0.25, 0.3) is 6.04 Å². The number of rotatable bonds is 10. The van der Waals surface area contributed by atoms with E-state index >= 15 is 0 Å². The zero-order valence-electron chi connectivity index (χ0n) is 21.4. The van der Waals surface area contributed by atoms with E-state index in [4.69, 9.17) is 35.3 Å². The lowest BCUT2D eigenvalue weighted by atomic mass is 9.99. The van der Waals surface area contributed by atoms with Crippen LogP contribution in [0.15, 0.2) is 35.0 Å². The molecule has 2 fully saturated rings. The molecule has 0 saturated carbocycles. The fraction of sp³-hybridized carbons (Fsp3) is 0.438. The number of nitrogen functional groups attached to an aromatic ring is 1. The molecule has 0 bridgehead atoms. The van der Waals surface area contributed by atoms with Gasteiger partial charge in [-0.3, -0.25) is 39.4 Å². The Labute approximate surface area is 244 Å². The van der Waals surface area contributed by atoms with Crippen LogP contribution < -0.4 is 5.73 Å². The molecule has 5 rings (SSSR count). The monoisotopic (exact) mass is 679 g/mol. The number of hydrogen-bond donors (Lipinski definition) is 4. The van der Waals surface area contributed by atoms with Crippen LogP contribution in [-0.2, 0) is 32.2 Å². The predicted octanol–water partition coefficient (Wildman–Crippen LogP) is -0.0656. The van der Waals surface area contributed by atoms with Gasteiger partial charge in [0.05, 0.1) is 28.6 Å². The fourth-order valence-corrected chi connectivity index (χ4v) is 6.36. The Morgan fingerprint density at radius 3 is 2.29 bits per heavy atom. The third-order valence-electron chi connectivity index (χ3n) is 6.34. The fourth-order valence-electron chi connectivity index (χ4n) is 4.76. The maximum Gasteiger partial charge on any atom is 0.481 e. The van der Waals surface area contributed by atoms with Crippen molar-refractivity contribution < 1.29 is 61.6 Å². The maximum atomic E-state index is 12.1. The molecule has 1 spiro atoms. The molecule has 45 heavy (non-hydrogen) atoms. The van der Waals surface area contributed by atoms with E-state index in [1.165, 1.54) is 0 Å². The van der Waals surface area contributed by atoms with Crippen molar-refractivity contribution >= 4 is 38.6 Å². The second-order valence-corrected chi connectivity index (χ2v) is 11.8. The number of phosphoric acid groups is 2. The first kappa shape index (κ1) is 31.9. The minimum atomic E-state index is -5.59. The van der Waals surface area contributed by atoms with E-state index < -0.39 is 90.7 Å². The van der Waals surface area contributed by atoms with Gasteiger partial charge in [-0.25, -0.2) is 24.1 Å². The number of anilines is 1. The molecule has 27 nitrogen and oxygen atoms in total. The van der Waals surface area contributed by atoms with E-state index in [0.29, 0.717) is 12.2 Å². The molecule has 2 aromatic rings. The molecule has 0 amide bonds. The smallest absolute Gasteiger partial charge is 0.382 e. The number of imidazole rings is 1. The minimum Gasteiger partial charge on any atom is -0.382 e. The topological polar surface area (TPSA) is 389 Å². The molecule has 1 unspecified atom stereocenters. The van der Waals surface area contributed by atoms with Gasteiger partial charge in [-0.05, 0) is 10.6 Å². The van der Waals surface area contributed by atoms with Crippen LogP contribution in [0.1, 0.15) is 6.23 Å². The molecule has 4 heterocycles. The van der Waals surface area contributed by atoms with Crippen LogP contribution in [0.3, 0.4) is 0 Å². The van der Waals surface area contributed by atoms with E-state index in [1.807, 2.05) is 0 Å². The van der Waals surface area contributed by atoms with E-state index in [9.17, 15) is 44.4 Å². The van der Waals surface area contributed by atoms with Crippen molar-refractivity contribution in [3.63, 3.8) is 0 Å². The Morgan fingerprint density at radius 2 is 1.73 bits per heavy atom. The van der Waals surface area contributed by atoms with E-state index in [1.54, 1.807) is 0 Å². The molecule has 1 aliphatic carbocycles. The van der Waals surface area contributed by atoms with Gasteiger partial charge in [0.1, 0.15) is 24.6 Å². The summed E-state index contributed by atoms with van der Waals surface area (Å²) in [5.74, 6) is -3.82. The van der Waals surface area contributed by atoms with Gasteiger partial charge >= 0.3 is 32.8 Å². The number of ether oxygens (including phenoxy) is 3. The Balaban J connectivity index is 1.65. The third-order valence-corrected chi connectivity index (χ3v) is 8.50. The largest absolute Gasteiger partial charge is 0.481 e. The summed E-state index contributed by atoms with van der Waals surface area (Å²) in [6.07, 6.45) is -5.19. The molecule has 240 valence electrons. The van der Waals surface area contributed by atoms with E-state index in [-0.39, 0.29) is 17.0 Å². The summed E-state index contributed by atoms with van der Waals surface area (Å²) in [6, 6.07) is -2.06. The number of nitrogens with two attached hydrogens (primary N) is 1. The Hall–Kier alpha value is -4.52. The van der Waals surface area contributed by atoms with Crippen molar-refractivity contribution in [3.05, 3.63) is 70.7 Å². The minimum absolute atomic E-state index is 0.161. The van der Waals surface area contributed by atoms with E-state index in [0.717, 1.165) is 10.9 Å². The van der Waals surface area contributed by atoms with Crippen LogP contribution in [0.2, 0.25) is 0 Å². The number of hydrogen-bond acceptors (Lipinski definition) is 18. The Bertz CT molecular complexity index is 1800. The summed E-state index contributed by atoms with van der Waals surface area (Å²) < 4.78 is 49.8. The van der Waals surface area contributed by atoms with Crippen LogP contribution in [-0.4, -0.2) is 85.7 Å². The average Bonchev–Trinajstić information content (AvgIpc) is 3.57. The van der Waals surface area contributed by atoms with Gasteiger partial charge in [0, 0.05) is 9.84 Å². The quantitative estimate of drug-likeness (QED) is 0.0637. The van der Waals surface area contributed by atoms with Gasteiger partial charge < -0.3 is 34.6 Å². The highest BCUT2D eigenvalue weighted by Crippen LogP contribution is 2.58. The summed E-state index contributed by atoms with van der Waals surface area (Å²) in [7, 11) is -11.1. The highest BCUT2D eigenvalue weighted by Gasteiger charge is 2.71. The number of nitrogens with zero attached hydrogens (tertiary/aromatic N) is 10. The standard InChI is InChI=1S/C16H15N11O16P2/c17-12-9-13(20-4-19-12)24(15(21-9)22-23-18)14-11-10(6(40-14)3-39-45(37,38)43-44(34,35)36)41-16(42-11)7(26(30)31)1-5(25(28)29)2-8(16)27(32)33/h1-2,4-6,10-11,14H,3H2,(H,37,38)(H2,17,19,20)(H2,34,35,36)/t5?,6-,10-,11-,14-,16?/m1/s1. The lowest BCUT2D eigenvalue weighted by molar-refractivity contribution is -0.522. The molecule has 0 aromatic carbocycles. The highest BCUT2D eigenvalue weighted by atomic mass is 31.3. The van der Waals surface area contributed by atoms with Crippen LogP contribution >= 0.6 is 15.6 Å². The predicted molar refractivity (Wildman–Crippen MR) is 135 cm³/mol. The summed E-state index contributed by atoms with van der Waals surface area (Å²) in [5, 5.41) is 39.0. The highest BCUT2D eigenvalue weighted by molar-refractivity contribution is 7.60. The lowest BCUT2D eigenvalue weighted by Gasteiger charge is -2.28. The first-order valence-corrected chi connectivity index (χ1v) is 14.7. The van der Waals surface area contributed by atoms with Gasteiger partial charge in [-0.1, -0.05) is 0 Å². The van der Waals surface area contributed by atoms with Gasteiger partial charge in [0.15, 0.2) is 23.2 Å². The number of phosphoric ester groups is 1. The van der Waals surface area contributed by atoms with Crippen LogP contribution in [0.25, 0.3) is 21.6 Å². The summed E-state index contributed by atoms with van der Waals surface area (Å²) in [4.78, 5) is 74.0. The number of azide groups is 1. The van der Waals surface area contributed by atoms with Crippen LogP contribution in [0.5, 0.6) is 0 Å². The van der Waals surface area contributed by atoms with E-state index in [2.05, 4.69) is 33.8 Å². The molecule has 5 atom stereocenters. The van der Waals surface area contributed by atoms with Crippen molar-refractivity contribution in [3.8, 4) is 0 Å². The van der Waals surface area contributed by atoms with Crippen LogP contribution in [0, 0.1) is 30.3 Å². The van der Waals surface area contributed by atoms with Gasteiger partial charge in [-0.15, -0.1) is 0 Å². The van der Waals surface area contributed by atoms with Crippen molar-refractivity contribution in [2.45, 2.75) is 36.4 Å².